The van der Waals surface area contributed by atoms with Crippen LogP contribution in [0.15, 0.2) is 35.1 Å². The van der Waals surface area contributed by atoms with Gasteiger partial charge in [0.1, 0.15) is 5.76 Å². The lowest BCUT2D eigenvalue weighted by molar-refractivity contribution is -0.118. The summed E-state index contributed by atoms with van der Waals surface area (Å²) in [5.41, 5.74) is 3.04. The molecule has 0 saturated carbocycles. The van der Waals surface area contributed by atoms with Crippen LogP contribution in [-0.2, 0) is 17.6 Å². The molecule has 0 radical (unpaired) electrons. The number of anilines is 1. The summed E-state index contributed by atoms with van der Waals surface area (Å²) in [7, 11) is 0. The number of nitrogens with zero attached hydrogens (tertiary/aromatic N) is 2. The van der Waals surface area contributed by atoms with Crippen molar-refractivity contribution in [2.75, 3.05) is 4.90 Å². The number of benzene rings is 1. The van der Waals surface area contributed by atoms with Gasteiger partial charge in [-0.05, 0) is 31.9 Å². The van der Waals surface area contributed by atoms with Gasteiger partial charge in [0, 0.05) is 11.7 Å². The highest BCUT2D eigenvalue weighted by molar-refractivity contribution is 5.97. The van der Waals surface area contributed by atoms with Gasteiger partial charge in [0.05, 0.1) is 12.1 Å². The van der Waals surface area contributed by atoms with Crippen molar-refractivity contribution in [3.05, 3.63) is 47.7 Å². The first-order chi connectivity index (χ1) is 9.16. The van der Waals surface area contributed by atoms with Crippen LogP contribution in [0.3, 0.4) is 0 Å². The maximum absolute atomic E-state index is 12.5. The largest absolute Gasteiger partial charge is 0.448 e. The monoisotopic (exact) mass is 256 g/mol. The first kappa shape index (κ1) is 12.0. The van der Waals surface area contributed by atoms with E-state index >= 15 is 0 Å². The zero-order chi connectivity index (χ0) is 13.4. The maximum atomic E-state index is 12.5. The van der Waals surface area contributed by atoms with E-state index in [1.54, 1.807) is 0 Å². The predicted molar refractivity (Wildman–Crippen MR) is 72.0 cm³/mol. The minimum atomic E-state index is 0.0669. The van der Waals surface area contributed by atoms with E-state index in [4.69, 9.17) is 4.42 Å². The number of para-hydroxylation sites is 1. The summed E-state index contributed by atoms with van der Waals surface area (Å²) >= 11 is 0. The predicted octanol–water partition coefficient (Wildman–Crippen LogP) is 2.50. The summed E-state index contributed by atoms with van der Waals surface area (Å²) in [5.74, 6) is 0.721. The Kier molecular flexibility index (Phi) is 2.85. The molecule has 1 unspecified atom stereocenters. The van der Waals surface area contributed by atoms with Crippen LogP contribution in [0.1, 0.15) is 23.9 Å². The molecule has 0 saturated heterocycles. The maximum Gasteiger partial charge on any atom is 0.234 e. The zero-order valence-electron chi connectivity index (χ0n) is 11.1. The van der Waals surface area contributed by atoms with Gasteiger partial charge < -0.3 is 9.32 Å². The Hall–Kier alpha value is -2.10. The smallest absolute Gasteiger partial charge is 0.234 e. The van der Waals surface area contributed by atoms with Crippen molar-refractivity contribution in [1.29, 1.82) is 0 Å². The number of hydrogen-bond acceptors (Lipinski definition) is 3. The quantitative estimate of drug-likeness (QED) is 0.829. The summed E-state index contributed by atoms with van der Waals surface area (Å²) < 4.78 is 5.26. The standard InChI is InChI=1S/C15H16N2O2/c1-10-7-12-5-3-4-6-13(12)17(10)15(18)8-14-11(2)16-9-19-14/h3-6,9-10H,7-8H2,1-2H3. The molecule has 1 aliphatic rings. The number of oxazole rings is 1. The molecule has 0 N–H and O–H groups in total. The Morgan fingerprint density at radius 3 is 3.00 bits per heavy atom. The molecule has 2 heterocycles. The normalized spacial score (nSPS) is 17.6. The third-order valence-electron chi connectivity index (χ3n) is 3.63. The van der Waals surface area contributed by atoms with Crippen molar-refractivity contribution in [3.63, 3.8) is 0 Å². The van der Waals surface area contributed by atoms with Gasteiger partial charge in [-0.2, -0.15) is 0 Å². The van der Waals surface area contributed by atoms with Gasteiger partial charge in [-0.3, -0.25) is 4.79 Å². The number of rotatable bonds is 2. The summed E-state index contributed by atoms with van der Waals surface area (Å²) in [6, 6.07) is 8.27. The van der Waals surface area contributed by atoms with E-state index in [9.17, 15) is 4.79 Å². The Balaban J connectivity index is 1.86. The number of aromatic nitrogens is 1. The van der Waals surface area contributed by atoms with Crippen molar-refractivity contribution in [3.8, 4) is 0 Å². The molecule has 0 bridgehead atoms. The van der Waals surface area contributed by atoms with Crippen LogP contribution in [0.5, 0.6) is 0 Å². The molecule has 19 heavy (non-hydrogen) atoms. The van der Waals surface area contributed by atoms with Crippen LogP contribution in [0.2, 0.25) is 0 Å². The first-order valence-electron chi connectivity index (χ1n) is 6.45. The molecule has 1 aliphatic heterocycles. The van der Waals surface area contributed by atoms with E-state index in [0.29, 0.717) is 5.76 Å². The van der Waals surface area contributed by atoms with Crippen LogP contribution >= 0.6 is 0 Å². The molecule has 1 aromatic heterocycles. The fourth-order valence-corrected chi connectivity index (χ4v) is 2.66. The second-order valence-corrected chi connectivity index (χ2v) is 4.98. The Bertz CT molecular complexity index is 618. The highest BCUT2D eigenvalue weighted by atomic mass is 16.3. The fourth-order valence-electron chi connectivity index (χ4n) is 2.66. The van der Waals surface area contributed by atoms with Crippen LogP contribution in [-0.4, -0.2) is 16.9 Å². The third kappa shape index (κ3) is 2.03. The van der Waals surface area contributed by atoms with Crippen LogP contribution in [0, 0.1) is 6.92 Å². The lowest BCUT2D eigenvalue weighted by Crippen LogP contribution is -2.36. The molecule has 0 aliphatic carbocycles. The lowest BCUT2D eigenvalue weighted by Gasteiger charge is -2.22. The van der Waals surface area contributed by atoms with Crippen molar-refractivity contribution in [1.82, 2.24) is 4.98 Å². The van der Waals surface area contributed by atoms with Crippen LogP contribution < -0.4 is 4.90 Å². The van der Waals surface area contributed by atoms with Gasteiger partial charge >= 0.3 is 0 Å². The number of aryl methyl sites for hydroxylation is 1. The van der Waals surface area contributed by atoms with Crippen LogP contribution in [0.25, 0.3) is 0 Å². The van der Waals surface area contributed by atoms with E-state index < -0.39 is 0 Å². The molecule has 0 spiro atoms. The van der Waals surface area contributed by atoms with E-state index in [0.717, 1.165) is 17.8 Å². The first-order valence-corrected chi connectivity index (χ1v) is 6.45. The minimum absolute atomic E-state index is 0.0669. The van der Waals surface area contributed by atoms with Gasteiger partial charge in [0.25, 0.3) is 0 Å². The number of hydrogen-bond donors (Lipinski definition) is 0. The lowest BCUT2D eigenvalue weighted by atomic mass is 10.1. The van der Waals surface area contributed by atoms with Crippen LogP contribution in [0.4, 0.5) is 5.69 Å². The number of carbonyl (C=O) groups is 1. The fraction of sp³-hybridized carbons (Fsp3) is 0.333. The SMILES string of the molecule is Cc1ncoc1CC(=O)N1c2ccccc2CC1C. The highest BCUT2D eigenvalue weighted by Crippen LogP contribution is 2.32. The Labute approximate surface area is 112 Å². The molecule has 1 amide bonds. The summed E-state index contributed by atoms with van der Waals surface area (Å²) in [6.07, 6.45) is 2.57. The number of amides is 1. The molecule has 3 rings (SSSR count). The number of carbonyl (C=O) groups excluding carboxylic acids is 1. The van der Waals surface area contributed by atoms with Gasteiger partial charge in [-0.15, -0.1) is 0 Å². The molecular formula is C15H16N2O2. The average Bonchev–Trinajstić information content (AvgIpc) is 2.92. The van der Waals surface area contributed by atoms with Gasteiger partial charge in [-0.1, -0.05) is 18.2 Å². The van der Waals surface area contributed by atoms with Crippen molar-refractivity contribution < 1.29 is 9.21 Å². The highest BCUT2D eigenvalue weighted by Gasteiger charge is 2.31. The van der Waals surface area contributed by atoms with Gasteiger partial charge in [-0.25, -0.2) is 4.98 Å². The summed E-state index contributed by atoms with van der Waals surface area (Å²) in [6.45, 7) is 3.93. The molecule has 0 fully saturated rings. The second-order valence-electron chi connectivity index (χ2n) is 4.98. The molecule has 4 heteroatoms. The zero-order valence-corrected chi connectivity index (χ0v) is 11.1. The number of fused-ring (bicyclic) bond motifs is 1. The van der Waals surface area contributed by atoms with E-state index in [1.165, 1.54) is 12.0 Å². The molecule has 2 aromatic rings. The molecule has 4 nitrogen and oxygen atoms in total. The topological polar surface area (TPSA) is 46.3 Å². The molecule has 1 aromatic carbocycles. The van der Waals surface area contributed by atoms with Crippen molar-refractivity contribution >= 4 is 11.6 Å². The van der Waals surface area contributed by atoms with Gasteiger partial charge in [0.2, 0.25) is 5.91 Å². The Morgan fingerprint density at radius 1 is 1.47 bits per heavy atom. The summed E-state index contributed by atoms with van der Waals surface area (Å²) in [5, 5.41) is 0. The average molecular weight is 256 g/mol. The molecule has 98 valence electrons. The van der Waals surface area contributed by atoms with Gasteiger partial charge in [0.15, 0.2) is 6.39 Å². The van der Waals surface area contributed by atoms with E-state index in [1.807, 2.05) is 30.0 Å². The molecule has 1 atom stereocenters. The second kappa shape index (κ2) is 4.53. The van der Waals surface area contributed by atoms with Crippen molar-refractivity contribution in [2.24, 2.45) is 0 Å². The minimum Gasteiger partial charge on any atom is -0.448 e. The third-order valence-corrected chi connectivity index (χ3v) is 3.63. The summed E-state index contributed by atoms with van der Waals surface area (Å²) in [4.78, 5) is 18.4. The van der Waals surface area contributed by atoms with E-state index in [2.05, 4.69) is 18.0 Å². The Morgan fingerprint density at radius 2 is 2.26 bits per heavy atom. The molecular weight excluding hydrogens is 240 g/mol. The van der Waals surface area contributed by atoms with E-state index in [-0.39, 0.29) is 18.4 Å². The van der Waals surface area contributed by atoms with Crippen molar-refractivity contribution in [2.45, 2.75) is 32.7 Å².